The molecule has 10 nitrogen and oxygen atoms in total. The predicted molar refractivity (Wildman–Crippen MR) is 123 cm³/mol. The molecular formula is C24H22N6O4. The lowest BCUT2D eigenvalue weighted by Crippen LogP contribution is -2.25. The molecule has 2 aromatic heterocycles. The molecule has 5 rings (SSSR count). The number of rotatable bonds is 5. The van der Waals surface area contributed by atoms with Crippen molar-refractivity contribution in [2.24, 2.45) is 0 Å². The van der Waals surface area contributed by atoms with Gasteiger partial charge in [0.2, 0.25) is 5.91 Å². The molecule has 34 heavy (non-hydrogen) atoms. The van der Waals surface area contributed by atoms with E-state index < -0.39 is 0 Å². The second-order valence-electron chi connectivity index (χ2n) is 7.87. The molecule has 0 radical (unpaired) electrons. The van der Waals surface area contributed by atoms with E-state index in [1.807, 2.05) is 31.2 Å². The van der Waals surface area contributed by atoms with E-state index in [0.717, 1.165) is 22.4 Å². The first-order valence-corrected chi connectivity index (χ1v) is 10.6. The highest BCUT2D eigenvalue weighted by atomic mass is 16.5. The Bertz CT molecular complexity index is 1400. The lowest BCUT2D eigenvalue weighted by atomic mass is 9.85. The Labute approximate surface area is 195 Å². The molecule has 10 heteroatoms. The maximum atomic E-state index is 12.7. The molecule has 1 amide bonds. The summed E-state index contributed by atoms with van der Waals surface area (Å²) in [5.41, 5.74) is 3.81. The van der Waals surface area contributed by atoms with Crippen molar-refractivity contribution in [1.29, 1.82) is 0 Å². The summed E-state index contributed by atoms with van der Waals surface area (Å²) >= 11 is 0. The summed E-state index contributed by atoms with van der Waals surface area (Å²) in [6.07, 6.45) is 1.79. The van der Waals surface area contributed by atoms with Gasteiger partial charge in [-0.1, -0.05) is 18.2 Å². The minimum atomic E-state index is -0.276. The number of phenolic OH excluding ortho intramolecular Hbond substituents is 1. The standard InChI is InChI=1S/C24H22N6O4/c1-13-22-17(14-7-8-19(31)20(10-14)34-3)11-21(32)27-23(22)30(29-13)24-26-18(12-25-28-24)15-5-4-6-16(9-15)33-2/h4-10,12,17,31H,11H2,1-3H3,(H,27,32)/t17-/m0/s1. The number of anilines is 1. The SMILES string of the molecule is COc1cccc(-c2cnnc(-n3nc(C)c4c3NC(=O)C[C@H]4c3ccc(O)c(OC)c3)n2)c1. The van der Waals surface area contributed by atoms with Gasteiger partial charge in [-0.2, -0.15) is 14.9 Å². The van der Waals surface area contributed by atoms with E-state index in [1.54, 1.807) is 31.5 Å². The zero-order valence-corrected chi connectivity index (χ0v) is 18.8. The van der Waals surface area contributed by atoms with E-state index in [4.69, 9.17) is 9.47 Å². The first-order chi connectivity index (χ1) is 16.5. The molecule has 172 valence electrons. The largest absolute Gasteiger partial charge is 0.504 e. The predicted octanol–water partition coefficient (Wildman–Crippen LogP) is 3.23. The lowest BCUT2D eigenvalue weighted by molar-refractivity contribution is -0.116. The summed E-state index contributed by atoms with van der Waals surface area (Å²) in [5, 5.41) is 25.8. The van der Waals surface area contributed by atoms with Crippen molar-refractivity contribution in [3.63, 3.8) is 0 Å². The van der Waals surface area contributed by atoms with Crippen LogP contribution < -0.4 is 14.8 Å². The molecule has 2 aromatic carbocycles. The van der Waals surface area contributed by atoms with E-state index in [2.05, 4.69) is 25.6 Å². The van der Waals surface area contributed by atoms with Crippen LogP contribution in [0.3, 0.4) is 0 Å². The molecule has 1 atom stereocenters. The van der Waals surface area contributed by atoms with Crippen molar-refractivity contribution >= 4 is 11.7 Å². The Hall–Kier alpha value is -4.47. The smallest absolute Gasteiger partial charge is 0.272 e. The third-order valence-electron chi connectivity index (χ3n) is 5.81. The van der Waals surface area contributed by atoms with Crippen molar-refractivity contribution in [2.75, 3.05) is 19.5 Å². The van der Waals surface area contributed by atoms with Gasteiger partial charge in [0.25, 0.3) is 5.95 Å². The van der Waals surface area contributed by atoms with Crippen LogP contribution in [0.4, 0.5) is 5.82 Å². The highest BCUT2D eigenvalue weighted by Crippen LogP contribution is 2.42. The molecule has 0 saturated heterocycles. The van der Waals surface area contributed by atoms with Gasteiger partial charge in [0.15, 0.2) is 11.5 Å². The summed E-state index contributed by atoms with van der Waals surface area (Å²) in [5.74, 6) is 1.36. The van der Waals surface area contributed by atoms with Crippen LogP contribution in [0.25, 0.3) is 17.2 Å². The Morgan fingerprint density at radius 1 is 1.15 bits per heavy atom. The molecule has 0 aliphatic carbocycles. The van der Waals surface area contributed by atoms with Gasteiger partial charge in [-0.05, 0) is 36.8 Å². The second kappa shape index (κ2) is 8.47. The molecule has 0 unspecified atom stereocenters. The van der Waals surface area contributed by atoms with Crippen molar-refractivity contribution in [1.82, 2.24) is 25.0 Å². The highest BCUT2D eigenvalue weighted by Gasteiger charge is 2.33. The average Bonchev–Trinajstić information content (AvgIpc) is 3.20. The first kappa shape index (κ1) is 21.4. The van der Waals surface area contributed by atoms with Gasteiger partial charge in [0.1, 0.15) is 11.6 Å². The molecule has 0 bridgehead atoms. The number of fused-ring (bicyclic) bond motifs is 1. The van der Waals surface area contributed by atoms with E-state index in [1.165, 1.54) is 11.8 Å². The quantitative estimate of drug-likeness (QED) is 0.467. The number of methoxy groups -OCH3 is 2. The molecular weight excluding hydrogens is 436 g/mol. The van der Waals surface area contributed by atoms with Crippen LogP contribution >= 0.6 is 0 Å². The molecule has 0 fully saturated rings. The molecule has 4 aromatic rings. The second-order valence-corrected chi connectivity index (χ2v) is 7.87. The summed E-state index contributed by atoms with van der Waals surface area (Å²) in [6, 6.07) is 12.5. The van der Waals surface area contributed by atoms with Gasteiger partial charge in [0, 0.05) is 23.5 Å². The zero-order valence-electron chi connectivity index (χ0n) is 18.8. The number of ether oxygens (including phenoxy) is 2. The fraction of sp³-hybridized carbons (Fsp3) is 0.208. The lowest BCUT2D eigenvalue weighted by Gasteiger charge is -2.24. The van der Waals surface area contributed by atoms with Gasteiger partial charge in [-0.3, -0.25) is 4.79 Å². The van der Waals surface area contributed by atoms with E-state index in [9.17, 15) is 9.90 Å². The Morgan fingerprint density at radius 2 is 2.00 bits per heavy atom. The normalized spacial score (nSPS) is 14.9. The van der Waals surface area contributed by atoms with Crippen LogP contribution in [-0.2, 0) is 4.79 Å². The van der Waals surface area contributed by atoms with Crippen LogP contribution in [0.5, 0.6) is 17.2 Å². The fourth-order valence-electron chi connectivity index (χ4n) is 4.19. The number of phenols is 1. The number of aromatic nitrogens is 5. The Balaban J connectivity index is 1.60. The van der Waals surface area contributed by atoms with E-state index in [0.29, 0.717) is 23.0 Å². The monoisotopic (exact) mass is 458 g/mol. The number of hydrogen-bond donors (Lipinski definition) is 2. The van der Waals surface area contributed by atoms with Gasteiger partial charge >= 0.3 is 0 Å². The number of carbonyl (C=O) groups is 1. The maximum absolute atomic E-state index is 12.7. The fourth-order valence-corrected chi connectivity index (χ4v) is 4.19. The van der Waals surface area contributed by atoms with Crippen molar-refractivity contribution in [3.05, 3.63) is 65.5 Å². The summed E-state index contributed by atoms with van der Waals surface area (Å²) < 4.78 is 12.1. The Morgan fingerprint density at radius 3 is 2.79 bits per heavy atom. The topological polar surface area (TPSA) is 124 Å². The number of aromatic hydroxyl groups is 1. The number of nitrogens with one attached hydrogen (secondary N) is 1. The van der Waals surface area contributed by atoms with Gasteiger partial charge in [-0.25, -0.2) is 4.98 Å². The molecule has 3 heterocycles. The third kappa shape index (κ3) is 3.68. The van der Waals surface area contributed by atoms with Crippen LogP contribution in [0.1, 0.15) is 29.2 Å². The minimum Gasteiger partial charge on any atom is -0.504 e. The number of nitrogens with zero attached hydrogens (tertiary/aromatic N) is 5. The minimum absolute atomic E-state index is 0.0352. The van der Waals surface area contributed by atoms with E-state index >= 15 is 0 Å². The highest BCUT2D eigenvalue weighted by molar-refractivity contribution is 5.95. The number of carbonyl (C=O) groups excluding carboxylic acids is 1. The third-order valence-corrected chi connectivity index (χ3v) is 5.81. The molecule has 2 N–H and O–H groups in total. The number of benzene rings is 2. The first-order valence-electron chi connectivity index (χ1n) is 10.6. The van der Waals surface area contributed by atoms with Crippen LogP contribution in [-0.4, -0.2) is 50.2 Å². The van der Waals surface area contributed by atoms with Gasteiger partial charge in [-0.15, -0.1) is 5.10 Å². The average molecular weight is 458 g/mol. The van der Waals surface area contributed by atoms with E-state index in [-0.39, 0.29) is 29.9 Å². The molecule has 1 aliphatic heterocycles. The molecule has 1 aliphatic rings. The number of amides is 1. The van der Waals surface area contributed by atoms with Crippen LogP contribution in [0.2, 0.25) is 0 Å². The Kier molecular flexibility index (Phi) is 5.33. The van der Waals surface area contributed by atoms with Crippen LogP contribution in [0, 0.1) is 6.92 Å². The summed E-state index contributed by atoms with van der Waals surface area (Å²) in [7, 11) is 3.09. The van der Waals surface area contributed by atoms with Gasteiger partial charge < -0.3 is 19.9 Å². The molecule has 0 saturated carbocycles. The van der Waals surface area contributed by atoms with Crippen molar-refractivity contribution in [2.45, 2.75) is 19.3 Å². The van der Waals surface area contributed by atoms with Crippen molar-refractivity contribution < 1.29 is 19.4 Å². The zero-order chi connectivity index (χ0) is 23.8. The molecule has 0 spiro atoms. The van der Waals surface area contributed by atoms with Gasteiger partial charge in [0.05, 0.1) is 31.8 Å². The summed E-state index contributed by atoms with van der Waals surface area (Å²) in [6.45, 7) is 1.87. The number of aryl methyl sites for hydroxylation is 1. The maximum Gasteiger partial charge on any atom is 0.272 e. The number of hydrogen-bond acceptors (Lipinski definition) is 8. The summed E-state index contributed by atoms with van der Waals surface area (Å²) in [4.78, 5) is 17.3. The van der Waals surface area contributed by atoms with Crippen molar-refractivity contribution in [3.8, 4) is 34.5 Å². The van der Waals surface area contributed by atoms with Crippen LogP contribution in [0.15, 0.2) is 48.7 Å².